The maximum absolute atomic E-state index is 12.9. The van der Waals surface area contributed by atoms with E-state index in [9.17, 15) is 24.4 Å². The summed E-state index contributed by atoms with van der Waals surface area (Å²) in [5.41, 5.74) is 1.18. The predicted molar refractivity (Wildman–Crippen MR) is 137 cm³/mol. The summed E-state index contributed by atoms with van der Waals surface area (Å²) in [6.45, 7) is 0. The van der Waals surface area contributed by atoms with Crippen molar-refractivity contribution < 1.29 is 28.7 Å². The molecule has 2 aromatic rings. The molecule has 9 nitrogen and oxygen atoms in total. The highest BCUT2D eigenvalue weighted by Crippen LogP contribution is 2.40. The predicted octanol–water partition coefficient (Wildman–Crippen LogP) is 4.00. The molecule has 0 aliphatic carbocycles. The fourth-order valence-corrected chi connectivity index (χ4v) is 5.11. The van der Waals surface area contributed by atoms with Crippen molar-refractivity contribution in [1.29, 1.82) is 5.26 Å². The lowest BCUT2D eigenvalue weighted by Crippen LogP contribution is -2.44. The van der Waals surface area contributed by atoms with Gasteiger partial charge in [0.05, 0.1) is 52.9 Å². The number of benzene rings is 2. The summed E-state index contributed by atoms with van der Waals surface area (Å²) in [5, 5.41) is 15.7. The first-order chi connectivity index (χ1) is 17.2. The minimum atomic E-state index is -1.34. The second-order valence-electron chi connectivity index (χ2n) is 7.40. The molecule has 2 amide bonds. The number of hydrogen-bond acceptors (Lipinski definition) is 8. The van der Waals surface area contributed by atoms with E-state index in [1.807, 2.05) is 0 Å². The summed E-state index contributed by atoms with van der Waals surface area (Å²) in [5.74, 6) is -4.96. The summed E-state index contributed by atoms with van der Waals surface area (Å²) in [4.78, 5) is 49.7. The van der Waals surface area contributed by atoms with Crippen LogP contribution in [0.1, 0.15) is 21.8 Å². The van der Waals surface area contributed by atoms with Crippen LogP contribution in [0, 0.1) is 17.2 Å². The molecule has 186 valence electrons. The third-order valence-corrected chi connectivity index (χ3v) is 7.05. The smallest absolute Gasteiger partial charge is 0.337 e. The number of amides is 2. The molecule has 1 aliphatic heterocycles. The Kier molecular flexibility index (Phi) is 9.14. The Labute approximate surface area is 224 Å². The Morgan fingerprint density at radius 1 is 1.17 bits per heavy atom. The Hall–Kier alpha value is -3.33. The van der Waals surface area contributed by atoms with Crippen molar-refractivity contribution in [2.24, 2.45) is 5.92 Å². The lowest BCUT2D eigenvalue weighted by Gasteiger charge is -2.31. The Morgan fingerprint density at radius 3 is 2.44 bits per heavy atom. The first-order valence-corrected chi connectivity index (χ1v) is 12.4. The maximum atomic E-state index is 12.9. The zero-order valence-corrected chi connectivity index (χ0v) is 22.1. The van der Waals surface area contributed by atoms with Crippen molar-refractivity contribution >= 4 is 68.7 Å². The van der Waals surface area contributed by atoms with Gasteiger partial charge in [0.2, 0.25) is 11.8 Å². The molecule has 12 heteroatoms. The van der Waals surface area contributed by atoms with Crippen LogP contribution >= 0.6 is 39.3 Å². The van der Waals surface area contributed by atoms with Gasteiger partial charge in [-0.2, -0.15) is 5.26 Å². The summed E-state index contributed by atoms with van der Waals surface area (Å²) >= 11 is 10.4. The quantitative estimate of drug-likeness (QED) is 0.364. The number of halogens is 2. The van der Waals surface area contributed by atoms with E-state index < -0.39 is 35.6 Å². The van der Waals surface area contributed by atoms with Crippen LogP contribution in [0.2, 0.25) is 5.02 Å². The molecule has 2 aromatic carbocycles. The molecule has 2 N–H and O–H groups in total. The van der Waals surface area contributed by atoms with Crippen LogP contribution in [-0.2, 0) is 23.9 Å². The molecule has 0 radical (unpaired) electrons. The average Bonchev–Trinajstić information content (AvgIpc) is 2.87. The van der Waals surface area contributed by atoms with Gasteiger partial charge in [0.25, 0.3) is 0 Å². The molecule has 0 spiro atoms. The number of methoxy groups -OCH3 is 2. The third kappa shape index (κ3) is 6.07. The number of rotatable bonds is 7. The first-order valence-electron chi connectivity index (χ1n) is 10.3. The van der Waals surface area contributed by atoms with Crippen LogP contribution < -0.4 is 10.6 Å². The molecular formula is C24H19BrClN3O6S. The number of allylic oxidation sites excluding steroid dienone is 1. The van der Waals surface area contributed by atoms with E-state index in [1.54, 1.807) is 18.2 Å². The lowest BCUT2D eigenvalue weighted by atomic mass is 9.78. The van der Waals surface area contributed by atoms with Crippen molar-refractivity contribution in [3.05, 3.63) is 73.7 Å². The number of thioether (sulfide) groups is 1. The Morgan fingerprint density at radius 2 is 1.86 bits per heavy atom. The maximum Gasteiger partial charge on any atom is 0.337 e. The molecule has 0 unspecified atom stereocenters. The van der Waals surface area contributed by atoms with Crippen LogP contribution in [0.3, 0.4) is 0 Å². The summed E-state index contributed by atoms with van der Waals surface area (Å²) in [6, 6.07) is 13.0. The second-order valence-corrected chi connectivity index (χ2v) is 9.71. The van der Waals surface area contributed by atoms with Crippen LogP contribution in [0.5, 0.6) is 0 Å². The van der Waals surface area contributed by atoms with Crippen LogP contribution in [0.25, 0.3) is 0 Å². The van der Waals surface area contributed by atoms with Gasteiger partial charge < -0.3 is 20.1 Å². The van der Waals surface area contributed by atoms with Crippen molar-refractivity contribution in [2.75, 3.05) is 25.3 Å². The van der Waals surface area contributed by atoms with Crippen molar-refractivity contribution in [2.45, 2.75) is 5.92 Å². The number of nitrogens with one attached hydrogen (secondary N) is 2. The molecule has 0 aromatic heterocycles. The number of carbonyl (C=O) groups is 4. The van der Waals surface area contributed by atoms with Gasteiger partial charge in [0, 0.05) is 10.4 Å². The Bertz CT molecular complexity index is 1290. The number of esters is 2. The molecule has 2 atom stereocenters. The summed E-state index contributed by atoms with van der Waals surface area (Å²) in [7, 11) is 2.39. The fraction of sp³-hybridized carbons (Fsp3) is 0.208. The molecule has 1 heterocycles. The summed E-state index contributed by atoms with van der Waals surface area (Å²) in [6.07, 6.45) is 0. The van der Waals surface area contributed by atoms with Gasteiger partial charge in [-0.05, 0) is 35.9 Å². The zero-order chi connectivity index (χ0) is 26.4. The molecule has 0 fully saturated rings. The largest absolute Gasteiger partial charge is 0.468 e. The highest BCUT2D eigenvalue weighted by atomic mass is 79.9. The average molecular weight is 593 g/mol. The zero-order valence-electron chi connectivity index (χ0n) is 19.0. The monoisotopic (exact) mass is 591 g/mol. The van der Waals surface area contributed by atoms with Crippen LogP contribution in [0.15, 0.2) is 57.5 Å². The van der Waals surface area contributed by atoms with E-state index in [1.165, 1.54) is 31.4 Å². The van der Waals surface area contributed by atoms with E-state index in [4.69, 9.17) is 21.1 Å². The highest BCUT2D eigenvalue weighted by molar-refractivity contribution is 9.10. The topological polar surface area (TPSA) is 135 Å². The van der Waals surface area contributed by atoms with Gasteiger partial charge in [-0.3, -0.25) is 14.4 Å². The van der Waals surface area contributed by atoms with Gasteiger partial charge in [-0.25, -0.2) is 4.79 Å². The van der Waals surface area contributed by atoms with Gasteiger partial charge >= 0.3 is 11.9 Å². The van der Waals surface area contributed by atoms with E-state index in [2.05, 4.69) is 32.6 Å². The van der Waals surface area contributed by atoms with Crippen molar-refractivity contribution in [1.82, 2.24) is 5.32 Å². The fourth-order valence-electron chi connectivity index (χ4n) is 3.54. The normalized spacial score (nSPS) is 17.0. The first kappa shape index (κ1) is 27.3. The molecule has 0 bridgehead atoms. The van der Waals surface area contributed by atoms with E-state index in [0.717, 1.165) is 23.3 Å². The number of carbonyl (C=O) groups excluding carboxylic acids is 4. The van der Waals surface area contributed by atoms with Gasteiger partial charge in [0.1, 0.15) is 5.92 Å². The molecule has 1 aliphatic rings. The number of hydrogen-bond donors (Lipinski definition) is 2. The summed E-state index contributed by atoms with van der Waals surface area (Å²) < 4.78 is 10.3. The minimum Gasteiger partial charge on any atom is -0.468 e. The van der Waals surface area contributed by atoms with E-state index >= 15 is 0 Å². The number of anilines is 1. The number of nitrogens with zero attached hydrogens (tertiary/aromatic N) is 1. The molecular weight excluding hydrogens is 574 g/mol. The van der Waals surface area contributed by atoms with Crippen LogP contribution in [0.4, 0.5) is 5.69 Å². The SMILES string of the molecule is COC(=O)c1ccc([C@@H]2C(C#N)=C(SCC(=O)Nc3ccc(Br)cc3Cl)NC(=O)[C@H]2C(=O)OC)cc1. The molecule has 3 rings (SSSR count). The molecule has 0 saturated carbocycles. The Balaban J connectivity index is 1.91. The van der Waals surface area contributed by atoms with Crippen molar-refractivity contribution in [3.8, 4) is 6.07 Å². The molecule has 36 heavy (non-hydrogen) atoms. The van der Waals surface area contributed by atoms with Gasteiger partial charge in [-0.1, -0.05) is 51.4 Å². The lowest BCUT2D eigenvalue weighted by molar-refractivity contribution is -0.150. The minimum absolute atomic E-state index is 0.0790. The van der Waals surface area contributed by atoms with Gasteiger partial charge in [-0.15, -0.1) is 0 Å². The second kappa shape index (κ2) is 12.1. The van der Waals surface area contributed by atoms with Crippen LogP contribution in [-0.4, -0.2) is 43.7 Å². The third-order valence-electron chi connectivity index (χ3n) is 5.23. The molecule has 0 saturated heterocycles. The van der Waals surface area contributed by atoms with E-state index in [0.29, 0.717) is 16.3 Å². The van der Waals surface area contributed by atoms with Gasteiger partial charge in [0.15, 0.2) is 0 Å². The highest BCUT2D eigenvalue weighted by Gasteiger charge is 2.44. The number of ether oxygens (including phenoxy) is 2. The number of nitriles is 1. The standard InChI is InChI=1S/C24H19BrClN3O6S/c1-34-23(32)13-5-3-12(4-6-13)19-15(10-27)22(29-21(31)20(19)24(33)35-2)36-11-18(30)28-17-8-7-14(25)9-16(17)26/h3-9,19-20H,11H2,1-2H3,(H,28,30)(H,29,31)/t19-,20+/m1/s1. The van der Waals surface area contributed by atoms with Crippen molar-refractivity contribution in [3.63, 3.8) is 0 Å². The van der Waals surface area contributed by atoms with E-state index in [-0.39, 0.29) is 21.9 Å².